The highest BCUT2D eigenvalue weighted by molar-refractivity contribution is 7.89. The first-order valence-corrected chi connectivity index (χ1v) is 8.27. The van der Waals surface area contributed by atoms with Crippen molar-refractivity contribution in [1.29, 1.82) is 0 Å². The lowest BCUT2D eigenvalue weighted by atomic mass is 9.81. The largest absolute Gasteiger partial charge is 0.317 e. The van der Waals surface area contributed by atoms with E-state index in [4.69, 9.17) is 0 Å². The minimum atomic E-state index is -3.65. The van der Waals surface area contributed by atoms with Gasteiger partial charge in [0.05, 0.1) is 4.90 Å². The van der Waals surface area contributed by atoms with Gasteiger partial charge in [-0.3, -0.25) is 0 Å². The average Bonchev–Trinajstić information content (AvgIpc) is 2.41. The molecular formula is C14H21FN2O2S. The third-order valence-electron chi connectivity index (χ3n) is 3.95. The fourth-order valence-electron chi connectivity index (χ4n) is 2.30. The molecule has 4 nitrogen and oxygen atoms in total. The molecule has 0 saturated carbocycles. The average molecular weight is 300 g/mol. The van der Waals surface area contributed by atoms with E-state index in [0.29, 0.717) is 12.1 Å². The van der Waals surface area contributed by atoms with Crippen molar-refractivity contribution in [3.8, 4) is 0 Å². The molecule has 2 rings (SSSR count). The highest BCUT2D eigenvalue weighted by Gasteiger charge is 2.28. The van der Waals surface area contributed by atoms with Gasteiger partial charge in [0.25, 0.3) is 0 Å². The highest BCUT2D eigenvalue weighted by atomic mass is 32.2. The zero-order valence-electron chi connectivity index (χ0n) is 11.9. The molecule has 1 aromatic carbocycles. The lowest BCUT2D eigenvalue weighted by Crippen LogP contribution is -2.42. The van der Waals surface area contributed by atoms with Crippen molar-refractivity contribution in [2.45, 2.75) is 31.6 Å². The van der Waals surface area contributed by atoms with E-state index >= 15 is 0 Å². The number of sulfonamides is 1. The monoisotopic (exact) mass is 300 g/mol. The molecule has 1 heterocycles. The van der Waals surface area contributed by atoms with Crippen LogP contribution in [0, 0.1) is 18.2 Å². The summed E-state index contributed by atoms with van der Waals surface area (Å²) in [5.74, 6) is -0.499. The maximum absolute atomic E-state index is 13.5. The zero-order chi connectivity index (χ0) is 14.8. The second kappa shape index (κ2) is 5.79. The molecule has 6 heteroatoms. The topological polar surface area (TPSA) is 58.2 Å². The number of rotatable bonds is 4. The van der Waals surface area contributed by atoms with Crippen LogP contribution >= 0.6 is 0 Å². The fraction of sp³-hybridized carbons (Fsp3) is 0.571. The van der Waals surface area contributed by atoms with Crippen LogP contribution in [0.25, 0.3) is 0 Å². The van der Waals surface area contributed by atoms with Gasteiger partial charge < -0.3 is 5.32 Å². The van der Waals surface area contributed by atoms with Gasteiger partial charge >= 0.3 is 0 Å². The van der Waals surface area contributed by atoms with E-state index in [9.17, 15) is 12.8 Å². The normalized spacial score (nSPS) is 18.9. The first-order valence-electron chi connectivity index (χ1n) is 6.79. The Morgan fingerprint density at radius 3 is 2.60 bits per heavy atom. The van der Waals surface area contributed by atoms with E-state index in [-0.39, 0.29) is 10.3 Å². The van der Waals surface area contributed by atoms with Gasteiger partial charge in [0.2, 0.25) is 10.0 Å². The molecule has 0 aliphatic carbocycles. The van der Waals surface area contributed by atoms with Crippen LogP contribution in [0.15, 0.2) is 23.1 Å². The Morgan fingerprint density at radius 1 is 1.35 bits per heavy atom. The Kier molecular flexibility index (Phi) is 4.46. The molecule has 1 aliphatic rings. The lowest BCUT2D eigenvalue weighted by molar-refractivity contribution is 0.232. The Hall–Kier alpha value is -0.980. The number of hydrogen-bond donors (Lipinski definition) is 2. The van der Waals surface area contributed by atoms with Crippen LogP contribution < -0.4 is 10.0 Å². The van der Waals surface area contributed by atoms with Crippen molar-refractivity contribution in [2.24, 2.45) is 5.41 Å². The summed E-state index contributed by atoms with van der Waals surface area (Å²) in [6.45, 7) is 5.86. The fourth-order valence-corrected chi connectivity index (χ4v) is 3.51. The Morgan fingerprint density at radius 2 is 2.00 bits per heavy atom. The Balaban J connectivity index is 2.09. The molecule has 0 radical (unpaired) electrons. The molecule has 1 aromatic rings. The predicted octanol–water partition coefficient (Wildman–Crippen LogP) is 1.80. The van der Waals surface area contributed by atoms with E-state index in [2.05, 4.69) is 17.0 Å². The summed E-state index contributed by atoms with van der Waals surface area (Å²) >= 11 is 0. The molecule has 0 spiro atoms. The molecule has 0 unspecified atom stereocenters. The minimum absolute atomic E-state index is 0.0156. The maximum atomic E-state index is 13.5. The molecule has 20 heavy (non-hydrogen) atoms. The quantitative estimate of drug-likeness (QED) is 0.891. The van der Waals surface area contributed by atoms with E-state index < -0.39 is 15.8 Å². The molecule has 0 amide bonds. The summed E-state index contributed by atoms with van der Waals surface area (Å²) in [5.41, 5.74) is 0.399. The van der Waals surface area contributed by atoms with Gasteiger partial charge in [-0.2, -0.15) is 0 Å². The van der Waals surface area contributed by atoms with Crippen LogP contribution in [0.4, 0.5) is 4.39 Å². The number of piperidine rings is 1. The first kappa shape index (κ1) is 15.4. The van der Waals surface area contributed by atoms with E-state index in [0.717, 1.165) is 32.0 Å². The Bertz CT molecular complexity index is 581. The number of halogens is 1. The maximum Gasteiger partial charge on any atom is 0.240 e. The van der Waals surface area contributed by atoms with Crippen molar-refractivity contribution in [3.05, 3.63) is 29.6 Å². The third-order valence-corrected chi connectivity index (χ3v) is 5.35. The standard InChI is InChI=1S/C14H21FN2O2S/c1-11-3-4-12(9-13(11)15)20(18,19)17-10-14(2)5-7-16-8-6-14/h3-4,9,16-17H,5-8,10H2,1-2H3. The van der Waals surface area contributed by atoms with Crippen molar-refractivity contribution >= 4 is 10.0 Å². The summed E-state index contributed by atoms with van der Waals surface area (Å²) in [6.07, 6.45) is 1.86. The molecule has 2 N–H and O–H groups in total. The number of benzene rings is 1. The van der Waals surface area contributed by atoms with Crippen molar-refractivity contribution in [2.75, 3.05) is 19.6 Å². The summed E-state index contributed by atoms with van der Waals surface area (Å²) in [5, 5.41) is 3.26. The Labute approximate surface area is 119 Å². The molecular weight excluding hydrogens is 279 g/mol. The van der Waals surface area contributed by atoms with Crippen LogP contribution in [0.2, 0.25) is 0 Å². The lowest BCUT2D eigenvalue weighted by Gasteiger charge is -2.34. The summed E-state index contributed by atoms with van der Waals surface area (Å²) in [6, 6.07) is 3.99. The molecule has 1 saturated heterocycles. The second-order valence-corrected chi connectivity index (χ2v) is 7.56. The van der Waals surface area contributed by atoms with Gasteiger partial charge in [-0.1, -0.05) is 13.0 Å². The van der Waals surface area contributed by atoms with Crippen molar-refractivity contribution in [3.63, 3.8) is 0 Å². The molecule has 0 bridgehead atoms. The first-order chi connectivity index (χ1) is 9.32. The SMILES string of the molecule is Cc1ccc(S(=O)(=O)NCC2(C)CCNCC2)cc1F. The van der Waals surface area contributed by atoms with Crippen LogP contribution in [-0.2, 0) is 10.0 Å². The van der Waals surface area contributed by atoms with Gasteiger partial charge in [0, 0.05) is 6.54 Å². The molecule has 0 aromatic heterocycles. The van der Waals surface area contributed by atoms with E-state index in [1.54, 1.807) is 6.92 Å². The van der Waals surface area contributed by atoms with Crippen LogP contribution in [0.5, 0.6) is 0 Å². The summed E-state index contributed by atoms with van der Waals surface area (Å²) in [4.78, 5) is -0.0156. The highest BCUT2D eigenvalue weighted by Crippen LogP contribution is 2.27. The van der Waals surface area contributed by atoms with Gasteiger partial charge in [-0.25, -0.2) is 17.5 Å². The molecule has 0 atom stereocenters. The summed E-state index contributed by atoms with van der Waals surface area (Å²) in [7, 11) is -3.65. The van der Waals surface area contributed by atoms with Crippen LogP contribution in [-0.4, -0.2) is 28.1 Å². The number of hydrogen-bond acceptors (Lipinski definition) is 3. The number of aryl methyl sites for hydroxylation is 1. The summed E-state index contributed by atoms with van der Waals surface area (Å²) < 4.78 is 40.5. The van der Waals surface area contributed by atoms with Crippen LogP contribution in [0.1, 0.15) is 25.3 Å². The van der Waals surface area contributed by atoms with E-state index in [1.807, 2.05) is 0 Å². The smallest absolute Gasteiger partial charge is 0.240 e. The third kappa shape index (κ3) is 3.56. The molecule has 1 fully saturated rings. The molecule has 1 aliphatic heterocycles. The molecule has 112 valence electrons. The van der Waals surface area contributed by atoms with Gasteiger partial charge in [0.1, 0.15) is 5.82 Å². The predicted molar refractivity (Wildman–Crippen MR) is 76.5 cm³/mol. The van der Waals surface area contributed by atoms with E-state index in [1.165, 1.54) is 12.1 Å². The zero-order valence-corrected chi connectivity index (χ0v) is 12.7. The van der Waals surface area contributed by atoms with Crippen molar-refractivity contribution < 1.29 is 12.8 Å². The van der Waals surface area contributed by atoms with Gasteiger partial charge in [-0.05, 0) is 56.0 Å². The van der Waals surface area contributed by atoms with Gasteiger partial charge in [-0.15, -0.1) is 0 Å². The van der Waals surface area contributed by atoms with Crippen molar-refractivity contribution in [1.82, 2.24) is 10.0 Å². The van der Waals surface area contributed by atoms with Crippen LogP contribution in [0.3, 0.4) is 0 Å². The number of nitrogens with one attached hydrogen (secondary N) is 2. The van der Waals surface area contributed by atoms with Gasteiger partial charge in [0.15, 0.2) is 0 Å². The minimum Gasteiger partial charge on any atom is -0.317 e. The second-order valence-electron chi connectivity index (χ2n) is 5.80.